The van der Waals surface area contributed by atoms with E-state index in [0.717, 1.165) is 13.8 Å². The largest absolute Gasteiger partial charge is 0.394 e. The highest BCUT2D eigenvalue weighted by molar-refractivity contribution is 5.74. The number of nitrogens with one attached hydrogen (secondary N) is 2. The van der Waals surface area contributed by atoms with E-state index in [0.29, 0.717) is 0 Å². The summed E-state index contributed by atoms with van der Waals surface area (Å²) >= 11 is 0. The van der Waals surface area contributed by atoms with Crippen molar-refractivity contribution in [3.63, 3.8) is 0 Å². The highest BCUT2D eigenvalue weighted by Crippen LogP contribution is 2.61. The molecule has 0 aromatic carbocycles. The van der Waals surface area contributed by atoms with Gasteiger partial charge in [-0.05, 0) is 0 Å². The molecule has 3 heterocycles. The number of fused-ring (bicyclic) bond motifs is 1. The van der Waals surface area contributed by atoms with E-state index in [-0.39, 0.29) is 0 Å². The van der Waals surface area contributed by atoms with Crippen LogP contribution in [0.3, 0.4) is 0 Å². The topological polar surface area (TPSA) is 211 Å². The summed E-state index contributed by atoms with van der Waals surface area (Å²) in [5.41, 5.74) is -1.95. The molecule has 0 aliphatic carbocycles. The van der Waals surface area contributed by atoms with Crippen molar-refractivity contribution in [2.45, 2.75) is 74.1 Å². The minimum atomic E-state index is -2.03. The summed E-state index contributed by atoms with van der Waals surface area (Å²) in [7, 11) is 0. The van der Waals surface area contributed by atoms with E-state index in [1.165, 1.54) is 0 Å². The molecule has 3 fully saturated rings. The average molecular weight is 422 g/mol. The van der Waals surface area contributed by atoms with Crippen LogP contribution in [0.5, 0.6) is 0 Å². The Morgan fingerprint density at radius 2 is 1.59 bits per heavy atom. The number of epoxide rings is 1. The SMILES string of the molecule is CC(=O)N[C@H]1[C@H](O)O[C@H](CO)[C@@]2(O[C@@]23O[C@@H](CO)[C@@H](O)[C@H](O)[C@@H]3NC(C)=O)[C@@H]1O. The van der Waals surface area contributed by atoms with Crippen LogP contribution in [0.1, 0.15) is 13.8 Å². The number of aliphatic hydroxyl groups is 6. The van der Waals surface area contributed by atoms with Crippen LogP contribution < -0.4 is 10.6 Å². The lowest BCUT2D eigenvalue weighted by molar-refractivity contribution is -0.261. The Morgan fingerprint density at radius 3 is 2.10 bits per heavy atom. The molecule has 2 spiro atoms. The first kappa shape index (κ1) is 22.3. The van der Waals surface area contributed by atoms with E-state index >= 15 is 0 Å². The monoisotopic (exact) mass is 422 g/mol. The number of hydrogen-bond donors (Lipinski definition) is 8. The van der Waals surface area contributed by atoms with Crippen LogP contribution in [0.25, 0.3) is 0 Å². The van der Waals surface area contributed by atoms with Gasteiger partial charge in [0.05, 0.1) is 13.2 Å². The molecule has 0 aromatic rings. The van der Waals surface area contributed by atoms with E-state index in [2.05, 4.69) is 10.6 Å². The van der Waals surface area contributed by atoms with Crippen LogP contribution in [-0.4, -0.2) is 116 Å². The molecule has 0 unspecified atom stereocenters. The third-order valence-corrected chi connectivity index (χ3v) is 5.57. The first-order valence-electron chi connectivity index (χ1n) is 9.07. The van der Waals surface area contributed by atoms with E-state index in [4.69, 9.17) is 14.2 Å². The zero-order valence-electron chi connectivity index (χ0n) is 15.8. The van der Waals surface area contributed by atoms with E-state index in [1.807, 2.05) is 0 Å². The smallest absolute Gasteiger partial charge is 0.228 e. The molecule has 3 rings (SSSR count). The summed E-state index contributed by atoms with van der Waals surface area (Å²) in [6, 6.07) is -2.83. The van der Waals surface area contributed by atoms with Gasteiger partial charge in [0.25, 0.3) is 0 Å². The van der Waals surface area contributed by atoms with Gasteiger partial charge in [-0.25, -0.2) is 0 Å². The van der Waals surface area contributed by atoms with Crippen molar-refractivity contribution < 1.29 is 54.4 Å². The number of hydrogen-bond acceptors (Lipinski definition) is 11. The van der Waals surface area contributed by atoms with Crippen molar-refractivity contribution in [1.82, 2.24) is 10.6 Å². The first-order chi connectivity index (χ1) is 13.6. The minimum absolute atomic E-state index is 0.601. The van der Waals surface area contributed by atoms with E-state index < -0.39 is 85.3 Å². The highest BCUT2D eigenvalue weighted by atomic mass is 16.8. The van der Waals surface area contributed by atoms with Gasteiger partial charge in [0.1, 0.15) is 42.6 Å². The van der Waals surface area contributed by atoms with E-state index in [1.54, 1.807) is 0 Å². The number of rotatable bonds is 4. The first-order valence-corrected chi connectivity index (χ1v) is 9.07. The molecular weight excluding hydrogens is 396 g/mol. The molecule has 0 saturated carbocycles. The van der Waals surface area contributed by atoms with Crippen molar-refractivity contribution in [2.24, 2.45) is 0 Å². The van der Waals surface area contributed by atoms with Crippen LogP contribution in [0.2, 0.25) is 0 Å². The minimum Gasteiger partial charge on any atom is -0.394 e. The third-order valence-electron chi connectivity index (χ3n) is 5.57. The maximum Gasteiger partial charge on any atom is 0.228 e. The van der Waals surface area contributed by atoms with Gasteiger partial charge < -0.3 is 55.5 Å². The molecule has 3 aliphatic heterocycles. The molecule has 0 bridgehead atoms. The van der Waals surface area contributed by atoms with Gasteiger partial charge in [-0.15, -0.1) is 0 Å². The van der Waals surface area contributed by atoms with Gasteiger partial charge >= 0.3 is 0 Å². The number of amides is 2. The Morgan fingerprint density at radius 1 is 0.966 bits per heavy atom. The Balaban J connectivity index is 2.05. The molecule has 3 saturated heterocycles. The summed E-state index contributed by atoms with van der Waals surface area (Å²) in [5.74, 6) is -3.26. The predicted molar refractivity (Wildman–Crippen MR) is 89.7 cm³/mol. The second kappa shape index (κ2) is 7.68. The zero-order valence-corrected chi connectivity index (χ0v) is 15.8. The summed E-state index contributed by atoms with van der Waals surface area (Å²) in [5, 5.41) is 65.8. The van der Waals surface area contributed by atoms with Crippen molar-refractivity contribution >= 4 is 11.8 Å². The highest BCUT2D eigenvalue weighted by Gasteiger charge is 2.87. The predicted octanol–water partition coefficient (Wildman–Crippen LogP) is -5.36. The third kappa shape index (κ3) is 3.22. The van der Waals surface area contributed by atoms with Gasteiger partial charge in [-0.3, -0.25) is 9.59 Å². The van der Waals surface area contributed by atoms with Crippen LogP contribution in [-0.2, 0) is 23.8 Å². The second-order valence-corrected chi connectivity index (χ2v) is 7.43. The van der Waals surface area contributed by atoms with Gasteiger partial charge in [-0.1, -0.05) is 0 Å². The molecule has 3 aliphatic rings. The van der Waals surface area contributed by atoms with Crippen molar-refractivity contribution in [3.05, 3.63) is 0 Å². The quantitative estimate of drug-likeness (QED) is 0.200. The molecule has 13 nitrogen and oxygen atoms in total. The van der Waals surface area contributed by atoms with Crippen LogP contribution in [0.4, 0.5) is 0 Å². The Labute approximate surface area is 165 Å². The molecule has 2 amide bonds. The fraction of sp³-hybridized carbons (Fsp3) is 0.875. The number of carbonyl (C=O) groups is 2. The standard InChI is InChI=1S/C16H26N2O11/c1-5(21)17-9-13(25)15(8(4-20)27-14(9)26)16(29-15)12(18-6(2)22)11(24)10(23)7(3-19)28-16/h7-14,19-20,23-26H,3-4H2,1-2H3,(H,17,21)(H,18,22)/t7-,8+,9+,10+,11-,12-,13+,14+,15+,16+/m0/s1. The zero-order chi connectivity index (χ0) is 21.7. The van der Waals surface area contributed by atoms with Crippen LogP contribution in [0.15, 0.2) is 0 Å². The van der Waals surface area contributed by atoms with Crippen molar-refractivity contribution in [3.8, 4) is 0 Å². The fourth-order valence-electron chi connectivity index (χ4n) is 4.29. The second-order valence-electron chi connectivity index (χ2n) is 7.43. The fourth-order valence-corrected chi connectivity index (χ4v) is 4.29. The van der Waals surface area contributed by atoms with Crippen LogP contribution >= 0.6 is 0 Å². The molecule has 29 heavy (non-hydrogen) atoms. The number of ether oxygens (including phenoxy) is 3. The molecule has 8 N–H and O–H groups in total. The normalized spacial score (nSPS) is 49.1. The number of carbonyl (C=O) groups excluding carboxylic acids is 2. The summed E-state index contributed by atoms with van der Waals surface area (Å²) < 4.78 is 16.7. The average Bonchev–Trinajstić information content (AvgIpc) is 3.31. The molecule has 0 aromatic heterocycles. The van der Waals surface area contributed by atoms with Gasteiger partial charge in [0, 0.05) is 13.8 Å². The van der Waals surface area contributed by atoms with E-state index in [9.17, 15) is 40.2 Å². The Bertz CT molecular complexity index is 665. The van der Waals surface area contributed by atoms with Gasteiger partial charge in [-0.2, -0.15) is 0 Å². The maximum absolute atomic E-state index is 11.7. The molecule has 166 valence electrons. The van der Waals surface area contributed by atoms with Crippen molar-refractivity contribution in [2.75, 3.05) is 13.2 Å². The Hall–Kier alpha value is -1.42. The number of aliphatic hydroxyl groups excluding tert-OH is 6. The molecule has 10 atom stereocenters. The lowest BCUT2D eigenvalue weighted by Crippen LogP contribution is -2.74. The van der Waals surface area contributed by atoms with Crippen LogP contribution in [0, 0.1) is 0 Å². The van der Waals surface area contributed by atoms with Gasteiger partial charge in [0.15, 0.2) is 11.9 Å². The molecule has 13 heteroatoms. The molecule has 0 radical (unpaired) electrons. The van der Waals surface area contributed by atoms with Gasteiger partial charge in [0.2, 0.25) is 17.6 Å². The lowest BCUT2D eigenvalue weighted by atomic mass is 9.77. The Kier molecular flexibility index (Phi) is 5.90. The lowest BCUT2D eigenvalue weighted by Gasteiger charge is -2.47. The summed E-state index contributed by atoms with van der Waals surface area (Å²) in [6.45, 7) is 0.792. The summed E-state index contributed by atoms with van der Waals surface area (Å²) in [6.07, 6.45) is -9.45. The molecular formula is C16H26N2O11. The van der Waals surface area contributed by atoms with Crippen molar-refractivity contribution in [1.29, 1.82) is 0 Å². The summed E-state index contributed by atoms with van der Waals surface area (Å²) in [4.78, 5) is 23.2. The maximum atomic E-state index is 11.7.